The Kier molecular flexibility index (Phi) is 41.5. The Hall–Kier alpha value is -8.96. The molecule has 0 unspecified atom stereocenters. The van der Waals surface area contributed by atoms with Crippen molar-refractivity contribution in [3.05, 3.63) is 29.8 Å². The molecule has 22 N–H and O–H groups in total. The molecule has 115 heavy (non-hydrogen) atoms. The number of benzene rings is 1. The van der Waals surface area contributed by atoms with E-state index >= 15 is 0 Å². The predicted octanol–water partition coefficient (Wildman–Crippen LogP) is -10.0. The highest BCUT2D eigenvalue weighted by molar-refractivity contribution is 6.00. The lowest BCUT2D eigenvalue weighted by atomic mass is 9.99. The molecule has 0 saturated carbocycles. The fourth-order valence-electron chi connectivity index (χ4n) is 13.9. The molecule has 4 fully saturated rings. The van der Waals surface area contributed by atoms with E-state index in [1.165, 1.54) is 45.0 Å². The number of aromatic hydroxyl groups is 1. The number of phenolic OH excluding ortho intramolecular Hbond substituents is 1. The Balaban J connectivity index is 0.0000278. The van der Waals surface area contributed by atoms with Crippen LogP contribution in [0.3, 0.4) is 0 Å². The van der Waals surface area contributed by atoms with Crippen molar-refractivity contribution in [2.75, 3.05) is 45.8 Å². The summed E-state index contributed by atoms with van der Waals surface area (Å²) in [7, 11) is 0. The number of esters is 1. The predicted molar refractivity (Wildman–Crippen MR) is 405 cm³/mol. The fraction of sp³-hybridized carbons (Fsp3) is 0.720. The molecule has 5 rings (SSSR count). The number of quaternary nitrogens is 1. The number of hydrogen-bond acceptors (Lipinski definition) is 24. The highest BCUT2D eigenvalue weighted by Crippen LogP contribution is 2.25. The van der Waals surface area contributed by atoms with Crippen LogP contribution in [0.2, 0.25) is 0 Å². The van der Waals surface area contributed by atoms with Crippen molar-refractivity contribution in [1.82, 2.24) is 67.9 Å². The van der Waals surface area contributed by atoms with Gasteiger partial charge in [-0.3, -0.25) is 67.1 Å². The Labute approximate surface area is 674 Å². The van der Waals surface area contributed by atoms with Crippen molar-refractivity contribution in [2.45, 2.75) is 293 Å². The lowest BCUT2D eigenvalue weighted by Gasteiger charge is -2.34. The first kappa shape index (κ1) is 98.4. The van der Waals surface area contributed by atoms with E-state index in [2.05, 4.69) is 60.1 Å². The number of aliphatic hydroxyl groups excluding tert-OH is 7. The van der Waals surface area contributed by atoms with E-state index in [1.54, 1.807) is 4.90 Å². The van der Waals surface area contributed by atoms with Crippen molar-refractivity contribution in [2.24, 2.45) is 11.7 Å². The number of hydrogen-bond donors (Lipinski definition) is 20. The van der Waals surface area contributed by atoms with E-state index in [4.69, 9.17) is 10.5 Å². The fourth-order valence-corrected chi connectivity index (χ4v) is 13.9. The molecule has 0 aliphatic carbocycles. The first-order chi connectivity index (χ1) is 53.8. The van der Waals surface area contributed by atoms with Crippen LogP contribution in [0.15, 0.2) is 24.3 Å². The number of nitrogens with one attached hydrogen (secondary N) is 10. The Morgan fingerprint density at radius 2 is 1.06 bits per heavy atom. The van der Waals surface area contributed by atoms with Gasteiger partial charge in [0.25, 0.3) is 0 Å². The number of rotatable bonds is 25. The van der Waals surface area contributed by atoms with Gasteiger partial charge in [0, 0.05) is 32.4 Å². The minimum atomic E-state index is -2.24. The maximum Gasteiger partial charge on any atom is 0.328 e. The number of primary amides is 1. The molecule has 0 aromatic heterocycles. The molecule has 1 aromatic carbocycles. The number of nitrogens with two attached hydrogens (primary N) is 2. The van der Waals surface area contributed by atoms with Gasteiger partial charge in [0.1, 0.15) is 78.3 Å². The maximum absolute atomic E-state index is 14.8. The number of nitrogens with zero attached hydrogens (tertiary/aromatic N) is 3. The van der Waals surface area contributed by atoms with Gasteiger partial charge in [0.05, 0.1) is 88.3 Å². The van der Waals surface area contributed by atoms with Crippen LogP contribution >= 0.6 is 0 Å². The van der Waals surface area contributed by atoms with E-state index in [-0.39, 0.29) is 43.8 Å². The minimum absolute atomic E-state index is 0. The smallest absolute Gasteiger partial charge is 0.328 e. The molecule has 4 saturated heterocycles. The number of aliphatic hydroxyl groups is 7. The van der Waals surface area contributed by atoms with E-state index in [0.29, 0.717) is 49.5 Å². The summed E-state index contributed by atoms with van der Waals surface area (Å²) in [4.78, 5) is 216. The third-order valence-electron chi connectivity index (χ3n) is 20.5. The number of fused-ring (bicyclic) bond motifs is 2. The first-order valence-corrected chi connectivity index (χ1v) is 39.6. The molecule has 648 valence electrons. The number of cyclic esters (lactones) is 1. The number of halogens is 1. The average molecular weight is 1650 g/mol. The molecule has 4 aliphatic rings. The number of carbonyl (C=O) groups excluding carboxylic acids is 15. The topological polar surface area (TPSA) is 600 Å². The van der Waals surface area contributed by atoms with Gasteiger partial charge in [0.2, 0.25) is 82.7 Å². The largest absolute Gasteiger partial charge is 1.00 e. The highest BCUT2D eigenvalue weighted by atomic mass is 35.5. The van der Waals surface area contributed by atoms with Gasteiger partial charge in [-0.25, -0.2) is 4.79 Å². The highest BCUT2D eigenvalue weighted by Gasteiger charge is 2.49. The van der Waals surface area contributed by atoms with Crippen LogP contribution in [0, 0.1) is 5.92 Å². The minimum Gasteiger partial charge on any atom is -1.00 e. The van der Waals surface area contributed by atoms with E-state index in [9.17, 15) is 113 Å². The SMILES string of the molecule is CCCCCCCCCCCCC[C@@H]1CC(=O)N[C@H]([C@@H](C)O)C(=O)N[C@H](C)C(=O)N[C@@H](Cc2ccc(O)cc2)C(=O)N[C@@H](C(C)C)C(=O)N2C[C@H](O)C[C@H]2C(=O)N[C@H]([C@@H](C)O)C(=O)N[C@@H]([C@@H](C)O)C(=O)N2CC[C@H](O)[C@H]2C(=O)N[C@@H]([C@H](O)CC(N)=O)C(=O)NCC(=O)N[C@H]([C@@H](C)O)C(=O)N[C@@H](CCC(=O)N2CC[NH2+]CC2)C(=O)O1.[Cl-]. The summed E-state index contributed by atoms with van der Waals surface area (Å²) in [6, 6.07) is -14.7. The van der Waals surface area contributed by atoms with Crippen molar-refractivity contribution < 1.29 is 135 Å². The van der Waals surface area contributed by atoms with Gasteiger partial charge in [-0.15, -0.1) is 0 Å². The number of amides is 14. The number of ether oxygens (including phenoxy) is 1. The Morgan fingerprint density at radius 3 is 1.63 bits per heavy atom. The Morgan fingerprint density at radius 1 is 0.557 bits per heavy atom. The summed E-state index contributed by atoms with van der Waals surface area (Å²) in [5, 5.41) is 113. The van der Waals surface area contributed by atoms with Gasteiger partial charge in [-0.05, 0) is 83.9 Å². The van der Waals surface area contributed by atoms with Gasteiger partial charge in [-0.1, -0.05) is 97.1 Å². The number of phenols is 1. The van der Waals surface area contributed by atoms with Crippen LogP contribution in [-0.4, -0.2) is 305 Å². The molecule has 39 nitrogen and oxygen atoms in total. The number of carbonyl (C=O) groups is 15. The zero-order valence-electron chi connectivity index (χ0n) is 66.7. The normalized spacial score (nSPS) is 27.8. The van der Waals surface area contributed by atoms with Crippen LogP contribution in [0.25, 0.3) is 0 Å². The average Bonchev–Trinajstić information content (AvgIpc) is 1.69. The summed E-state index contributed by atoms with van der Waals surface area (Å²) in [6.07, 6.45) is -7.25. The number of piperazine rings is 1. The monoisotopic (exact) mass is 1650 g/mol. The summed E-state index contributed by atoms with van der Waals surface area (Å²) in [6.45, 7) is 10.5. The zero-order valence-corrected chi connectivity index (χ0v) is 67.5. The third kappa shape index (κ3) is 31.2. The molecule has 4 aliphatic heterocycles. The molecule has 19 atom stereocenters. The van der Waals surface area contributed by atoms with Crippen LogP contribution in [0.5, 0.6) is 5.75 Å². The van der Waals surface area contributed by atoms with Crippen LogP contribution < -0.4 is 76.6 Å². The zero-order chi connectivity index (χ0) is 84.8. The standard InChI is InChI=1S/C75H121N15O24.ClH/c1-9-10-11-12-13-14-15-16-17-18-19-20-48-35-55(100)82-59(41(5)91)69(107)79-40(4)65(103)81-50(33-45-21-23-46(95)24-22-45)66(104)84-58(39(2)3)73(111)90-38-47(96)34-51(90)67(105)85-61(43(7)93)71(109)86-62(44(8)94)74(112)89-30-27-52(97)64(89)72(110)87-63(53(98)36-54(76)99)68(106)78-37-56(101)83-60(42(6)92)70(108)80-49(75(113)114-48)25-26-57(102)88-31-28-77-29-32-88;/h21-24,39-44,47-53,58-64,77,91-98H,9-20,25-38H2,1-8H3,(H2,76,99)(H,78,106)(H,79,107)(H,80,108)(H,81,103)(H,82,100)(H,83,101)(H,84,104)(H,85,105)(H,86,109)(H,87,110);1H/t40-,41-,42-,43-,44-,47-,48-,49+,50+,51+,52+,53-,58+,59-,60-,61-,62+,63+,64+;/m1./s1. The molecule has 0 bridgehead atoms. The van der Waals surface area contributed by atoms with E-state index in [1.807, 2.05) is 5.32 Å². The van der Waals surface area contributed by atoms with Gasteiger partial charge >= 0.3 is 5.97 Å². The molecule has 14 amide bonds. The molecule has 1 aromatic rings. The maximum atomic E-state index is 14.8. The lowest BCUT2D eigenvalue weighted by molar-refractivity contribution is -0.662. The van der Waals surface area contributed by atoms with E-state index in [0.717, 1.165) is 90.4 Å². The van der Waals surface area contributed by atoms with Gasteiger partial charge < -0.3 is 137 Å². The van der Waals surface area contributed by atoms with Crippen molar-refractivity contribution >= 4 is 88.7 Å². The summed E-state index contributed by atoms with van der Waals surface area (Å²) in [5.74, 6) is -17.9. The molecule has 4 heterocycles. The number of unbranched alkanes of at least 4 members (excludes halogenated alkanes) is 10. The quantitative estimate of drug-likeness (QED) is 0.0319. The second-order valence-electron chi connectivity index (χ2n) is 30.5. The van der Waals surface area contributed by atoms with E-state index < -0.39 is 255 Å². The second kappa shape index (κ2) is 48.5. The summed E-state index contributed by atoms with van der Waals surface area (Å²) in [5.41, 5.74) is 5.72. The second-order valence-corrected chi connectivity index (χ2v) is 30.5. The molecule has 0 spiro atoms. The van der Waals surface area contributed by atoms with Crippen molar-refractivity contribution in [1.29, 1.82) is 0 Å². The summed E-state index contributed by atoms with van der Waals surface area (Å²) < 4.78 is 6.04. The lowest BCUT2D eigenvalue weighted by Crippen LogP contribution is -3.00. The van der Waals surface area contributed by atoms with Crippen LogP contribution in [0.1, 0.15) is 177 Å². The third-order valence-corrected chi connectivity index (χ3v) is 20.5. The van der Waals surface area contributed by atoms with Gasteiger partial charge in [-0.2, -0.15) is 0 Å². The Bertz CT molecular complexity index is 3440. The first-order valence-electron chi connectivity index (χ1n) is 39.6. The molecule has 40 heteroatoms. The molecular formula is C75H122ClN15O24. The molecule has 0 radical (unpaired) electrons. The van der Waals surface area contributed by atoms with Crippen molar-refractivity contribution in [3.63, 3.8) is 0 Å². The summed E-state index contributed by atoms with van der Waals surface area (Å²) >= 11 is 0. The van der Waals surface area contributed by atoms with Crippen molar-refractivity contribution in [3.8, 4) is 5.75 Å². The van der Waals surface area contributed by atoms with Crippen LogP contribution in [-0.2, 0) is 83.1 Å². The van der Waals surface area contributed by atoms with Crippen LogP contribution in [0.4, 0.5) is 0 Å². The molecular weight excluding hydrogens is 1530 g/mol. The van der Waals surface area contributed by atoms with Gasteiger partial charge in [0.15, 0.2) is 0 Å².